The van der Waals surface area contributed by atoms with Gasteiger partial charge in [-0.05, 0) is 10.9 Å². The van der Waals surface area contributed by atoms with Gasteiger partial charge in [-0.1, -0.05) is 0 Å². The van der Waals surface area contributed by atoms with Crippen molar-refractivity contribution in [3.8, 4) is 0 Å². The number of carboxylic acid groups (broad SMARTS) is 1. The molecule has 0 aliphatic carbocycles. The van der Waals surface area contributed by atoms with Crippen molar-refractivity contribution in [1.29, 1.82) is 0 Å². The first kappa shape index (κ1) is 19.9. The number of nitrogen functional groups attached to an aromatic ring is 1. The Morgan fingerprint density at radius 2 is 2.22 bits per heavy atom. The van der Waals surface area contributed by atoms with Gasteiger partial charge >= 0.3 is 5.97 Å². The molecule has 150 valence electrons. The quantitative estimate of drug-likeness (QED) is 0.272. The van der Waals surface area contributed by atoms with Crippen molar-refractivity contribution < 1.29 is 24.9 Å². The van der Waals surface area contributed by atoms with E-state index in [0.717, 1.165) is 0 Å². The van der Waals surface area contributed by atoms with E-state index in [1.165, 1.54) is 6.33 Å². The van der Waals surface area contributed by atoms with Crippen LogP contribution in [0.3, 0.4) is 0 Å². The van der Waals surface area contributed by atoms with Crippen LogP contribution in [-0.2, 0) is 20.4 Å². The zero-order chi connectivity index (χ0) is 19.7. The number of aliphatic hydroxyl groups excluding tert-OH is 2. The molecule has 0 aromatic carbocycles. The molecule has 1 aromatic heterocycles. The third-order valence-corrected chi connectivity index (χ3v) is 6.57. The van der Waals surface area contributed by atoms with Crippen LogP contribution < -0.4 is 21.7 Å². The van der Waals surface area contributed by atoms with Crippen LogP contribution in [0.2, 0.25) is 0 Å². The Morgan fingerprint density at radius 3 is 2.93 bits per heavy atom. The lowest BCUT2D eigenvalue weighted by Gasteiger charge is -2.26. The molecule has 2 aliphatic rings. The average molecular weight is 401 g/mol. The molecular weight excluding hydrogens is 376 g/mol. The molecule has 8 N–H and O–H groups in total. The van der Waals surface area contributed by atoms with Crippen LogP contribution in [-0.4, -0.2) is 86.3 Å². The molecule has 0 bridgehead atoms. The summed E-state index contributed by atoms with van der Waals surface area (Å²) in [6.07, 6.45) is 0.139. The molecule has 1 aromatic rings. The van der Waals surface area contributed by atoms with Gasteiger partial charge in [0.2, 0.25) is 0 Å². The van der Waals surface area contributed by atoms with Crippen molar-refractivity contribution in [3.05, 3.63) is 6.33 Å². The van der Waals surface area contributed by atoms with Crippen LogP contribution in [0.15, 0.2) is 6.33 Å². The van der Waals surface area contributed by atoms with Gasteiger partial charge in [-0.2, -0.15) is 0 Å². The van der Waals surface area contributed by atoms with E-state index >= 15 is 0 Å². The maximum Gasteiger partial charge on any atom is 0.320 e. The second-order valence-electron chi connectivity index (χ2n) is 6.69. The van der Waals surface area contributed by atoms with E-state index in [4.69, 9.17) is 21.3 Å². The molecule has 3 rings (SSSR count). The number of fused-ring (bicyclic) bond motifs is 1. The minimum Gasteiger partial charge on any atom is -0.480 e. The fourth-order valence-corrected chi connectivity index (χ4v) is 4.83. The van der Waals surface area contributed by atoms with Gasteiger partial charge in [0, 0.05) is 6.42 Å². The van der Waals surface area contributed by atoms with Gasteiger partial charge in [-0.15, -0.1) is 0 Å². The molecule has 0 saturated carbocycles. The number of carbonyl (C=O) groups is 1. The summed E-state index contributed by atoms with van der Waals surface area (Å²) in [6, 6.07) is -0.898. The zero-order valence-electron chi connectivity index (χ0n) is 14.9. The van der Waals surface area contributed by atoms with Gasteiger partial charge in [-0.25, -0.2) is 9.97 Å². The molecule has 0 amide bonds. The second kappa shape index (κ2) is 8.02. The highest BCUT2D eigenvalue weighted by Gasteiger charge is 2.49. The number of nitrogens with zero attached hydrogens (tertiary/aromatic N) is 3. The standard InChI is InChI=1S/C15H24N6O5S/c1-27(3-2-7(16)15(24)25)4-8-10(22)11(23)14(26-8)21-6-20-9-12(17)18-5-19-13(9)21/h5,7-8,10-11,14,20,22-23H,2-4,6,16H2,1H3,(H2-,17,18,19,24,25)/p+1/t7-,8-,10-,11+,14+,27?/m0/s1. The topological polar surface area (TPSA) is 180 Å². The third-order valence-electron chi connectivity index (χ3n) is 4.74. The molecule has 1 unspecified atom stereocenters. The van der Waals surface area contributed by atoms with E-state index in [1.807, 2.05) is 6.26 Å². The second-order valence-corrected chi connectivity index (χ2v) is 9.00. The maximum absolute atomic E-state index is 10.8. The summed E-state index contributed by atoms with van der Waals surface area (Å²) in [5, 5.41) is 32.8. The van der Waals surface area contributed by atoms with E-state index < -0.39 is 36.6 Å². The van der Waals surface area contributed by atoms with Gasteiger partial charge < -0.3 is 41.7 Å². The van der Waals surface area contributed by atoms with Crippen molar-refractivity contribution in [3.63, 3.8) is 0 Å². The number of anilines is 3. The van der Waals surface area contributed by atoms with E-state index in [9.17, 15) is 15.0 Å². The lowest BCUT2D eigenvalue weighted by atomic mass is 10.1. The van der Waals surface area contributed by atoms with E-state index in [1.54, 1.807) is 4.90 Å². The number of carboxylic acids is 1. The Kier molecular flexibility index (Phi) is 5.91. The molecular formula is C15H25N6O5S+. The fourth-order valence-electron chi connectivity index (χ4n) is 3.17. The highest BCUT2D eigenvalue weighted by molar-refractivity contribution is 7.96. The Morgan fingerprint density at radius 1 is 1.48 bits per heavy atom. The SMILES string of the molecule is C[S+](CC[C@H](N)C(=O)O)C[C@@H]1O[C@@H](N2CNc3c(N)ncnc32)[C@H](O)[C@H]1O. The molecule has 1 saturated heterocycles. The van der Waals surface area contributed by atoms with Gasteiger partial charge in [0.15, 0.2) is 17.9 Å². The molecule has 6 atom stereocenters. The van der Waals surface area contributed by atoms with Crippen molar-refractivity contribution in [2.75, 3.05) is 40.4 Å². The van der Waals surface area contributed by atoms with Gasteiger partial charge in [0.1, 0.15) is 47.9 Å². The summed E-state index contributed by atoms with van der Waals surface area (Å²) in [5.74, 6) is 0.903. The smallest absolute Gasteiger partial charge is 0.320 e. The predicted molar refractivity (Wildman–Crippen MR) is 101 cm³/mol. The summed E-state index contributed by atoms with van der Waals surface area (Å²) in [4.78, 5) is 20.6. The monoisotopic (exact) mass is 401 g/mol. The first-order valence-corrected chi connectivity index (χ1v) is 10.5. The number of hydrogen-bond acceptors (Lipinski definition) is 10. The summed E-state index contributed by atoms with van der Waals surface area (Å²) in [7, 11) is -0.217. The Balaban J connectivity index is 1.62. The summed E-state index contributed by atoms with van der Waals surface area (Å²) < 4.78 is 5.94. The first-order chi connectivity index (χ1) is 12.8. The zero-order valence-corrected chi connectivity index (χ0v) is 15.7. The Hall–Kier alpha value is -1.86. The molecule has 27 heavy (non-hydrogen) atoms. The van der Waals surface area contributed by atoms with Crippen molar-refractivity contribution in [2.24, 2.45) is 5.73 Å². The van der Waals surface area contributed by atoms with Crippen LogP contribution >= 0.6 is 0 Å². The largest absolute Gasteiger partial charge is 0.480 e. The van der Waals surface area contributed by atoms with Crippen molar-refractivity contribution in [1.82, 2.24) is 9.97 Å². The van der Waals surface area contributed by atoms with Crippen LogP contribution in [0.4, 0.5) is 17.3 Å². The van der Waals surface area contributed by atoms with Crippen molar-refractivity contribution in [2.45, 2.75) is 37.0 Å². The number of nitrogens with two attached hydrogens (primary N) is 2. The van der Waals surface area contributed by atoms with Gasteiger partial charge in [0.05, 0.1) is 12.9 Å². The van der Waals surface area contributed by atoms with Crippen LogP contribution in [0.1, 0.15) is 6.42 Å². The number of aliphatic carboxylic acids is 1. The third kappa shape index (κ3) is 4.04. The number of rotatable bonds is 7. The minimum atomic E-state index is -1.11. The highest BCUT2D eigenvalue weighted by atomic mass is 32.2. The molecule has 2 aliphatic heterocycles. The average Bonchev–Trinajstić information content (AvgIpc) is 3.17. The summed E-state index contributed by atoms with van der Waals surface area (Å²) in [5.41, 5.74) is 11.9. The molecule has 3 heterocycles. The number of nitrogens with one attached hydrogen (secondary N) is 1. The molecule has 11 nitrogen and oxygen atoms in total. The molecule has 0 spiro atoms. The fraction of sp³-hybridized carbons (Fsp3) is 0.667. The van der Waals surface area contributed by atoms with E-state index in [-0.39, 0.29) is 10.9 Å². The first-order valence-electron chi connectivity index (χ1n) is 8.49. The lowest BCUT2D eigenvalue weighted by Crippen LogP contribution is -2.44. The molecule has 1 fully saturated rings. The van der Waals surface area contributed by atoms with E-state index in [2.05, 4.69) is 15.3 Å². The predicted octanol–water partition coefficient (Wildman–Crippen LogP) is -2.25. The Labute approximate surface area is 159 Å². The summed E-state index contributed by atoms with van der Waals surface area (Å²) >= 11 is 0. The number of hydrogen-bond donors (Lipinski definition) is 6. The number of aromatic nitrogens is 2. The van der Waals surface area contributed by atoms with Gasteiger partial charge in [0.25, 0.3) is 0 Å². The molecule has 12 heteroatoms. The summed E-state index contributed by atoms with van der Waals surface area (Å²) in [6.45, 7) is 0.324. The molecule has 0 radical (unpaired) electrons. The Bertz CT molecular complexity index is 697. The number of ether oxygens (including phenoxy) is 1. The maximum atomic E-state index is 10.8. The highest BCUT2D eigenvalue weighted by Crippen LogP contribution is 2.37. The van der Waals surface area contributed by atoms with Crippen LogP contribution in [0.25, 0.3) is 0 Å². The van der Waals surface area contributed by atoms with Crippen LogP contribution in [0.5, 0.6) is 0 Å². The lowest BCUT2D eigenvalue weighted by molar-refractivity contribution is -0.138. The number of aliphatic hydroxyl groups is 2. The minimum absolute atomic E-state index is 0.217. The normalized spacial score (nSPS) is 29.3. The van der Waals surface area contributed by atoms with Crippen molar-refractivity contribution >= 4 is 34.2 Å². The van der Waals surface area contributed by atoms with Crippen LogP contribution in [0, 0.1) is 0 Å². The van der Waals surface area contributed by atoms with E-state index in [0.29, 0.717) is 41.9 Å². The van der Waals surface area contributed by atoms with Gasteiger partial charge in [-0.3, -0.25) is 4.79 Å².